The van der Waals surface area contributed by atoms with Crippen molar-refractivity contribution in [3.8, 4) is 0 Å². The monoisotopic (exact) mass is 381 g/mol. The van der Waals surface area contributed by atoms with Crippen LogP contribution in [0.4, 0.5) is 0 Å². The molecule has 0 aliphatic carbocycles. The number of pyridine rings is 1. The van der Waals surface area contributed by atoms with E-state index in [9.17, 15) is 4.79 Å². The largest absolute Gasteiger partial charge is 0.338 e. The Labute approximate surface area is 167 Å². The van der Waals surface area contributed by atoms with Crippen molar-refractivity contribution in [1.82, 2.24) is 24.6 Å². The van der Waals surface area contributed by atoms with E-state index >= 15 is 0 Å². The lowest BCUT2D eigenvalue weighted by atomic mass is 9.94. The Hall–Kier alpha value is -2.21. The van der Waals surface area contributed by atoms with Crippen LogP contribution < -0.4 is 0 Å². The molecule has 3 saturated heterocycles. The van der Waals surface area contributed by atoms with Gasteiger partial charge in [-0.2, -0.15) is 5.10 Å². The molecule has 0 aromatic carbocycles. The minimum atomic E-state index is 0.306. The first-order valence-corrected chi connectivity index (χ1v) is 10.4. The van der Waals surface area contributed by atoms with E-state index in [1.54, 1.807) is 0 Å². The molecule has 0 unspecified atom stereocenters. The summed E-state index contributed by atoms with van der Waals surface area (Å²) in [5, 5.41) is 4.48. The number of hydrogen-bond acceptors (Lipinski definition) is 4. The minimum absolute atomic E-state index is 0.306. The predicted octanol–water partition coefficient (Wildman–Crippen LogP) is 2.49. The zero-order valence-electron chi connectivity index (χ0n) is 17.3. The SMILES string of the molecule is Cc1nn(C)c(C)c1CCC(=O)N1C[C@H]2CC[C@@H]1CN(Cc1cccnc1)C2. The van der Waals surface area contributed by atoms with Crippen LogP contribution in [0, 0.1) is 19.8 Å². The van der Waals surface area contributed by atoms with Crippen LogP contribution in [0.5, 0.6) is 0 Å². The lowest BCUT2D eigenvalue weighted by Gasteiger charge is -2.36. The van der Waals surface area contributed by atoms with Gasteiger partial charge in [0.25, 0.3) is 0 Å². The molecule has 6 heteroatoms. The Kier molecular flexibility index (Phi) is 5.49. The number of nitrogens with zero attached hydrogens (tertiary/aromatic N) is 5. The first kappa shape index (κ1) is 19.1. The van der Waals surface area contributed by atoms with Gasteiger partial charge in [0, 0.05) is 63.8 Å². The number of aromatic nitrogens is 3. The van der Waals surface area contributed by atoms with E-state index < -0.39 is 0 Å². The van der Waals surface area contributed by atoms with Gasteiger partial charge in [-0.25, -0.2) is 0 Å². The van der Waals surface area contributed by atoms with Gasteiger partial charge in [-0.3, -0.25) is 19.4 Å². The molecule has 0 saturated carbocycles. The Balaban J connectivity index is 1.39. The van der Waals surface area contributed by atoms with Gasteiger partial charge >= 0.3 is 0 Å². The average molecular weight is 382 g/mol. The van der Waals surface area contributed by atoms with Gasteiger partial charge in [-0.05, 0) is 56.2 Å². The molecule has 0 N–H and O–H groups in total. The van der Waals surface area contributed by atoms with Crippen molar-refractivity contribution in [2.75, 3.05) is 19.6 Å². The summed E-state index contributed by atoms with van der Waals surface area (Å²) in [5.41, 5.74) is 4.71. The molecular formula is C22H31N5O. The summed E-state index contributed by atoms with van der Waals surface area (Å²) >= 11 is 0. The Morgan fingerprint density at radius 2 is 2.07 bits per heavy atom. The van der Waals surface area contributed by atoms with Crippen LogP contribution in [0.3, 0.4) is 0 Å². The maximum absolute atomic E-state index is 13.1. The van der Waals surface area contributed by atoms with Crippen molar-refractivity contribution in [2.24, 2.45) is 13.0 Å². The van der Waals surface area contributed by atoms with Crippen LogP contribution in [-0.2, 0) is 24.8 Å². The van der Waals surface area contributed by atoms with Crippen LogP contribution in [0.15, 0.2) is 24.5 Å². The fourth-order valence-corrected chi connectivity index (χ4v) is 4.92. The highest BCUT2D eigenvalue weighted by Crippen LogP contribution is 2.29. The van der Waals surface area contributed by atoms with Gasteiger partial charge < -0.3 is 4.90 Å². The topological polar surface area (TPSA) is 54.3 Å². The van der Waals surface area contributed by atoms with Crippen LogP contribution in [0.1, 0.15) is 41.8 Å². The fourth-order valence-electron chi connectivity index (χ4n) is 4.92. The molecule has 5 rings (SSSR count). The third kappa shape index (κ3) is 3.97. The van der Waals surface area contributed by atoms with Gasteiger partial charge in [0.15, 0.2) is 0 Å². The number of carbonyl (C=O) groups is 1. The quantitative estimate of drug-likeness (QED) is 0.799. The molecule has 2 aromatic rings. The molecule has 1 amide bonds. The van der Waals surface area contributed by atoms with Crippen molar-refractivity contribution < 1.29 is 4.79 Å². The smallest absolute Gasteiger partial charge is 0.223 e. The summed E-state index contributed by atoms with van der Waals surface area (Å²) in [4.78, 5) is 22.0. The summed E-state index contributed by atoms with van der Waals surface area (Å²) in [6.45, 7) is 8.02. The minimum Gasteiger partial charge on any atom is -0.338 e. The van der Waals surface area contributed by atoms with Crippen LogP contribution in [0.25, 0.3) is 0 Å². The number of carbonyl (C=O) groups excluding carboxylic acids is 1. The van der Waals surface area contributed by atoms with E-state index in [1.165, 1.54) is 23.2 Å². The van der Waals surface area contributed by atoms with Gasteiger partial charge in [0.1, 0.15) is 0 Å². The Morgan fingerprint density at radius 1 is 1.21 bits per heavy atom. The Bertz CT molecular complexity index is 831. The van der Waals surface area contributed by atoms with E-state index in [0.717, 1.165) is 44.7 Å². The second-order valence-electron chi connectivity index (χ2n) is 8.47. The number of amides is 1. The lowest BCUT2D eigenvalue weighted by Crippen LogP contribution is -2.47. The molecule has 2 bridgehead atoms. The summed E-state index contributed by atoms with van der Waals surface area (Å²) < 4.78 is 1.92. The van der Waals surface area contributed by atoms with Gasteiger partial charge in [0.2, 0.25) is 5.91 Å². The standard InChI is InChI=1S/C22H31N5O/c1-16-21(17(2)25(3)24-16)8-9-22(28)27-14-19-6-7-20(27)15-26(13-19)12-18-5-4-10-23-11-18/h4-5,10-11,19-20H,6-9,12-15H2,1-3H3/t19-,20+/m0/s1. The molecule has 3 aliphatic rings. The number of aryl methyl sites for hydroxylation is 2. The summed E-state index contributed by atoms with van der Waals surface area (Å²) in [6, 6.07) is 4.49. The van der Waals surface area contributed by atoms with E-state index in [0.29, 0.717) is 24.3 Å². The molecule has 5 heterocycles. The van der Waals surface area contributed by atoms with Crippen molar-refractivity contribution in [2.45, 2.75) is 52.1 Å². The maximum Gasteiger partial charge on any atom is 0.223 e. The number of hydrogen-bond donors (Lipinski definition) is 0. The summed E-state index contributed by atoms with van der Waals surface area (Å²) in [6.07, 6.45) is 7.51. The third-order valence-corrected chi connectivity index (χ3v) is 6.49. The van der Waals surface area contributed by atoms with Gasteiger partial charge in [0.05, 0.1) is 5.69 Å². The lowest BCUT2D eigenvalue weighted by molar-refractivity contribution is -0.135. The average Bonchev–Trinajstić information content (AvgIpc) is 2.86. The molecule has 2 atom stereocenters. The van der Waals surface area contributed by atoms with Crippen LogP contribution in [-0.4, -0.2) is 56.1 Å². The number of fused-ring (bicyclic) bond motifs is 4. The van der Waals surface area contributed by atoms with Crippen molar-refractivity contribution in [3.63, 3.8) is 0 Å². The maximum atomic E-state index is 13.1. The molecule has 3 fully saturated rings. The first-order chi connectivity index (χ1) is 13.5. The predicted molar refractivity (Wildman–Crippen MR) is 109 cm³/mol. The second kappa shape index (κ2) is 8.03. The molecule has 0 spiro atoms. The zero-order valence-corrected chi connectivity index (χ0v) is 17.3. The van der Waals surface area contributed by atoms with Crippen LogP contribution in [0.2, 0.25) is 0 Å². The molecular weight excluding hydrogens is 350 g/mol. The molecule has 28 heavy (non-hydrogen) atoms. The van der Waals surface area contributed by atoms with E-state index in [4.69, 9.17) is 0 Å². The Morgan fingerprint density at radius 3 is 2.79 bits per heavy atom. The summed E-state index contributed by atoms with van der Waals surface area (Å²) in [5.74, 6) is 0.891. The van der Waals surface area contributed by atoms with Crippen molar-refractivity contribution >= 4 is 5.91 Å². The highest BCUT2D eigenvalue weighted by atomic mass is 16.2. The van der Waals surface area contributed by atoms with E-state index in [2.05, 4.69) is 32.9 Å². The fraction of sp³-hybridized carbons (Fsp3) is 0.591. The molecule has 0 radical (unpaired) electrons. The van der Waals surface area contributed by atoms with Crippen molar-refractivity contribution in [1.29, 1.82) is 0 Å². The normalized spacial score (nSPS) is 22.5. The first-order valence-electron chi connectivity index (χ1n) is 10.4. The second-order valence-corrected chi connectivity index (χ2v) is 8.47. The molecule has 2 aromatic heterocycles. The highest BCUT2D eigenvalue weighted by Gasteiger charge is 2.36. The zero-order chi connectivity index (χ0) is 19.7. The highest BCUT2D eigenvalue weighted by molar-refractivity contribution is 5.77. The molecule has 3 aliphatic heterocycles. The number of rotatable bonds is 5. The molecule has 6 nitrogen and oxygen atoms in total. The van der Waals surface area contributed by atoms with Crippen molar-refractivity contribution in [3.05, 3.63) is 47.0 Å². The van der Waals surface area contributed by atoms with Gasteiger partial charge in [-0.1, -0.05) is 6.07 Å². The van der Waals surface area contributed by atoms with E-state index in [-0.39, 0.29) is 0 Å². The third-order valence-electron chi connectivity index (χ3n) is 6.49. The molecule has 150 valence electrons. The van der Waals surface area contributed by atoms with E-state index in [1.807, 2.05) is 37.1 Å². The number of piperidine rings is 1. The summed E-state index contributed by atoms with van der Waals surface area (Å²) in [7, 11) is 1.97. The van der Waals surface area contributed by atoms with Crippen LogP contribution >= 0.6 is 0 Å². The van der Waals surface area contributed by atoms with Gasteiger partial charge in [-0.15, -0.1) is 0 Å².